The topological polar surface area (TPSA) is 69.7 Å². The summed E-state index contributed by atoms with van der Waals surface area (Å²) in [7, 11) is 0. The highest BCUT2D eigenvalue weighted by molar-refractivity contribution is 6.46. The van der Waals surface area contributed by atoms with Crippen LogP contribution in [0, 0.1) is 5.92 Å². The van der Waals surface area contributed by atoms with Crippen LogP contribution in [0.25, 0.3) is 16.3 Å². The molecule has 2 aliphatic heterocycles. The molecule has 1 atom stereocenters. The molecule has 0 aliphatic carbocycles. The van der Waals surface area contributed by atoms with Gasteiger partial charge in [-0.2, -0.15) is 0 Å². The van der Waals surface area contributed by atoms with E-state index in [0.29, 0.717) is 34.1 Å². The van der Waals surface area contributed by atoms with Crippen LogP contribution in [0.2, 0.25) is 0 Å². The SMILES string of the molecule is CC(=O)Nc1ccc(C2=C(N3CCCC(C)C3)C(=O)N(c3cccc4ccccc34)C2=O)cc1. The largest absolute Gasteiger partial charge is 0.366 e. The zero-order valence-corrected chi connectivity index (χ0v) is 19.4. The molecule has 1 fully saturated rings. The van der Waals surface area contributed by atoms with Crippen molar-refractivity contribution in [1.82, 2.24) is 4.90 Å². The number of piperidine rings is 1. The molecule has 1 N–H and O–H groups in total. The highest BCUT2D eigenvalue weighted by atomic mass is 16.2. The lowest BCUT2D eigenvalue weighted by atomic mass is 9.97. The molecule has 6 nitrogen and oxygen atoms in total. The Morgan fingerprint density at radius 3 is 2.41 bits per heavy atom. The van der Waals surface area contributed by atoms with Gasteiger partial charge in [0.05, 0.1) is 11.3 Å². The third kappa shape index (κ3) is 3.85. The minimum absolute atomic E-state index is 0.163. The maximum absolute atomic E-state index is 13.9. The molecule has 0 saturated carbocycles. The van der Waals surface area contributed by atoms with E-state index in [-0.39, 0.29) is 17.7 Å². The molecule has 2 aliphatic rings. The predicted octanol–water partition coefficient (Wildman–Crippen LogP) is 4.81. The number of hydrogen-bond donors (Lipinski definition) is 1. The molecule has 0 radical (unpaired) electrons. The van der Waals surface area contributed by atoms with Crippen LogP contribution in [0.5, 0.6) is 0 Å². The van der Waals surface area contributed by atoms with Gasteiger partial charge in [-0.1, -0.05) is 55.5 Å². The standard InChI is InChI=1S/C28H27N3O3/c1-18-7-6-16-30(17-18)26-25(21-12-14-22(15-13-21)29-19(2)32)27(33)31(28(26)34)24-11-5-9-20-8-3-4-10-23(20)24/h3-5,8-15,18H,6-7,16-17H2,1-2H3,(H,29,32). The number of anilines is 2. The number of nitrogens with zero attached hydrogens (tertiary/aromatic N) is 2. The Morgan fingerprint density at radius 2 is 1.68 bits per heavy atom. The van der Waals surface area contributed by atoms with Gasteiger partial charge in [-0.05, 0) is 47.9 Å². The van der Waals surface area contributed by atoms with Crippen LogP contribution >= 0.6 is 0 Å². The summed E-state index contributed by atoms with van der Waals surface area (Å²) in [5, 5.41) is 4.59. The van der Waals surface area contributed by atoms with Crippen LogP contribution in [-0.4, -0.2) is 35.7 Å². The van der Waals surface area contributed by atoms with E-state index in [1.54, 1.807) is 24.3 Å². The third-order valence-corrected chi connectivity index (χ3v) is 6.53. The molecule has 2 heterocycles. The van der Waals surface area contributed by atoms with Crippen molar-refractivity contribution in [2.75, 3.05) is 23.3 Å². The molecule has 0 bridgehead atoms. The number of carbonyl (C=O) groups excluding carboxylic acids is 3. The molecule has 0 spiro atoms. The molecule has 1 saturated heterocycles. The van der Waals surface area contributed by atoms with Crippen molar-refractivity contribution in [2.45, 2.75) is 26.7 Å². The van der Waals surface area contributed by atoms with Crippen LogP contribution in [-0.2, 0) is 14.4 Å². The van der Waals surface area contributed by atoms with Crippen molar-refractivity contribution in [3.63, 3.8) is 0 Å². The molecule has 5 rings (SSSR count). The lowest BCUT2D eigenvalue weighted by Crippen LogP contribution is -2.39. The van der Waals surface area contributed by atoms with E-state index in [9.17, 15) is 14.4 Å². The summed E-state index contributed by atoms with van der Waals surface area (Å²) < 4.78 is 0. The number of amides is 3. The average molecular weight is 454 g/mol. The minimum Gasteiger partial charge on any atom is -0.366 e. The molecule has 1 unspecified atom stereocenters. The van der Waals surface area contributed by atoms with Crippen LogP contribution in [0.15, 0.2) is 72.4 Å². The first kappa shape index (κ1) is 21.9. The first-order chi connectivity index (χ1) is 16.4. The predicted molar refractivity (Wildman–Crippen MR) is 134 cm³/mol. The number of likely N-dealkylation sites (tertiary alicyclic amines) is 1. The Labute approximate surface area is 198 Å². The Morgan fingerprint density at radius 1 is 0.941 bits per heavy atom. The minimum atomic E-state index is -0.318. The maximum atomic E-state index is 13.9. The number of nitrogens with one attached hydrogen (secondary N) is 1. The average Bonchev–Trinajstić information content (AvgIpc) is 3.08. The van der Waals surface area contributed by atoms with Gasteiger partial charge in [0.2, 0.25) is 5.91 Å². The number of imide groups is 1. The molecule has 3 aromatic rings. The van der Waals surface area contributed by atoms with E-state index >= 15 is 0 Å². The highest BCUT2D eigenvalue weighted by Crippen LogP contribution is 2.39. The number of hydrogen-bond acceptors (Lipinski definition) is 4. The van der Waals surface area contributed by atoms with Crippen LogP contribution in [0.1, 0.15) is 32.3 Å². The van der Waals surface area contributed by atoms with E-state index in [1.165, 1.54) is 11.8 Å². The number of rotatable bonds is 4. The molecule has 34 heavy (non-hydrogen) atoms. The Balaban J connectivity index is 1.62. The van der Waals surface area contributed by atoms with Gasteiger partial charge in [0.15, 0.2) is 0 Å². The molecule has 172 valence electrons. The fourth-order valence-electron chi connectivity index (χ4n) is 5.01. The molecule has 6 heteroatoms. The molecule has 0 aromatic heterocycles. The monoisotopic (exact) mass is 453 g/mol. The number of fused-ring (bicyclic) bond motifs is 1. The fraction of sp³-hybridized carbons (Fsp3) is 0.250. The Hall–Kier alpha value is -3.93. The van der Waals surface area contributed by atoms with Gasteiger partial charge < -0.3 is 10.2 Å². The van der Waals surface area contributed by atoms with Gasteiger partial charge in [0.1, 0.15) is 5.70 Å². The molecular formula is C28H27N3O3. The van der Waals surface area contributed by atoms with Crippen molar-refractivity contribution in [3.8, 4) is 0 Å². The third-order valence-electron chi connectivity index (χ3n) is 6.53. The summed E-state index contributed by atoms with van der Waals surface area (Å²) in [4.78, 5) is 42.6. The van der Waals surface area contributed by atoms with Crippen molar-refractivity contribution in [1.29, 1.82) is 0 Å². The summed E-state index contributed by atoms with van der Waals surface area (Å²) in [5.41, 5.74) is 2.80. The number of benzene rings is 3. The van der Waals surface area contributed by atoms with Crippen molar-refractivity contribution in [2.24, 2.45) is 5.92 Å². The number of carbonyl (C=O) groups is 3. The van der Waals surface area contributed by atoms with Crippen molar-refractivity contribution in [3.05, 3.63) is 78.0 Å². The first-order valence-electron chi connectivity index (χ1n) is 11.7. The molecule has 3 amide bonds. The van der Waals surface area contributed by atoms with E-state index in [2.05, 4.69) is 17.1 Å². The zero-order chi connectivity index (χ0) is 23.8. The smallest absolute Gasteiger partial charge is 0.282 e. The van der Waals surface area contributed by atoms with E-state index in [1.807, 2.05) is 42.5 Å². The fourth-order valence-corrected chi connectivity index (χ4v) is 5.01. The summed E-state index contributed by atoms with van der Waals surface area (Å²) in [6.45, 7) is 5.12. The second-order valence-corrected chi connectivity index (χ2v) is 9.12. The normalized spacial score (nSPS) is 18.7. The summed E-state index contributed by atoms with van der Waals surface area (Å²) in [6.07, 6.45) is 2.09. The van der Waals surface area contributed by atoms with E-state index in [4.69, 9.17) is 0 Å². The van der Waals surface area contributed by atoms with Gasteiger partial charge in [-0.3, -0.25) is 14.4 Å². The first-order valence-corrected chi connectivity index (χ1v) is 11.7. The van der Waals surface area contributed by atoms with Gasteiger partial charge in [0, 0.05) is 31.1 Å². The summed E-state index contributed by atoms with van der Waals surface area (Å²) in [6, 6.07) is 20.6. The maximum Gasteiger partial charge on any atom is 0.282 e. The summed E-state index contributed by atoms with van der Waals surface area (Å²) >= 11 is 0. The zero-order valence-electron chi connectivity index (χ0n) is 19.4. The van der Waals surface area contributed by atoms with E-state index in [0.717, 1.165) is 36.7 Å². The Bertz CT molecular complexity index is 1320. The highest BCUT2D eigenvalue weighted by Gasteiger charge is 2.43. The lowest BCUT2D eigenvalue weighted by Gasteiger charge is -2.33. The van der Waals surface area contributed by atoms with Gasteiger partial charge >= 0.3 is 0 Å². The van der Waals surface area contributed by atoms with Gasteiger partial charge in [-0.25, -0.2) is 4.90 Å². The van der Waals surface area contributed by atoms with Crippen molar-refractivity contribution >= 4 is 45.4 Å². The van der Waals surface area contributed by atoms with Crippen LogP contribution in [0.3, 0.4) is 0 Å². The molecule has 3 aromatic carbocycles. The second-order valence-electron chi connectivity index (χ2n) is 9.12. The van der Waals surface area contributed by atoms with E-state index < -0.39 is 0 Å². The van der Waals surface area contributed by atoms with Crippen LogP contribution < -0.4 is 10.2 Å². The second kappa shape index (κ2) is 8.78. The summed E-state index contributed by atoms with van der Waals surface area (Å²) in [5.74, 6) is -0.318. The molecular weight excluding hydrogens is 426 g/mol. The van der Waals surface area contributed by atoms with Gasteiger partial charge in [0.25, 0.3) is 11.8 Å². The quantitative estimate of drug-likeness (QED) is 0.576. The Kier molecular flexibility index (Phi) is 5.65. The van der Waals surface area contributed by atoms with Crippen LogP contribution in [0.4, 0.5) is 11.4 Å². The lowest BCUT2D eigenvalue weighted by molar-refractivity contribution is -0.121. The van der Waals surface area contributed by atoms with Gasteiger partial charge in [-0.15, -0.1) is 0 Å². The van der Waals surface area contributed by atoms with Crippen molar-refractivity contribution < 1.29 is 14.4 Å².